The highest BCUT2D eigenvalue weighted by Crippen LogP contribution is 2.21. The summed E-state index contributed by atoms with van der Waals surface area (Å²) in [6, 6.07) is 10.6. The summed E-state index contributed by atoms with van der Waals surface area (Å²) in [5, 5.41) is 0. The molecule has 13 heavy (non-hydrogen) atoms. The summed E-state index contributed by atoms with van der Waals surface area (Å²) >= 11 is 0. The fourth-order valence-electron chi connectivity index (χ4n) is 1.57. The van der Waals surface area contributed by atoms with Gasteiger partial charge in [-0.3, -0.25) is 0 Å². The Morgan fingerprint density at radius 1 is 1.00 bits per heavy atom. The van der Waals surface area contributed by atoms with Crippen molar-refractivity contribution in [1.29, 1.82) is 0 Å². The van der Waals surface area contributed by atoms with Gasteiger partial charge in [-0.1, -0.05) is 54.1 Å². The molecule has 1 aromatic rings. The molecule has 0 amide bonds. The van der Waals surface area contributed by atoms with Crippen molar-refractivity contribution in [1.82, 2.24) is 0 Å². The lowest BCUT2D eigenvalue weighted by molar-refractivity contribution is 1.10. The Morgan fingerprint density at radius 3 is 2.38 bits per heavy atom. The maximum absolute atomic E-state index is 2.24. The summed E-state index contributed by atoms with van der Waals surface area (Å²) in [6.07, 6.45) is 7.66. The Kier molecular flexibility index (Phi) is 2.31. The highest BCUT2D eigenvalue weighted by molar-refractivity contribution is 5.42. The van der Waals surface area contributed by atoms with E-state index >= 15 is 0 Å². The van der Waals surface area contributed by atoms with Crippen molar-refractivity contribution in [3.05, 3.63) is 65.6 Å². The molecule has 0 N–H and O–H groups in total. The molecule has 0 saturated carbocycles. The Hall–Kier alpha value is -1.30. The van der Waals surface area contributed by atoms with Gasteiger partial charge in [0.25, 0.3) is 0 Å². The number of allylic oxidation sites excluding steroid dienone is 4. The number of hydrogen-bond acceptors (Lipinski definition) is 0. The SMILES string of the molecule is CC1=C[C](Cc2ccccc2)C=C1. The molecule has 0 aromatic heterocycles. The quantitative estimate of drug-likeness (QED) is 0.637. The van der Waals surface area contributed by atoms with Crippen LogP contribution in [0.3, 0.4) is 0 Å². The molecule has 1 aromatic carbocycles. The van der Waals surface area contributed by atoms with Gasteiger partial charge in [-0.25, -0.2) is 0 Å². The maximum Gasteiger partial charge on any atom is 0.0240 e. The van der Waals surface area contributed by atoms with Crippen LogP contribution in [0.1, 0.15) is 12.5 Å². The first-order valence-electron chi connectivity index (χ1n) is 4.61. The zero-order valence-electron chi connectivity index (χ0n) is 7.83. The monoisotopic (exact) mass is 169 g/mol. The zero-order valence-corrected chi connectivity index (χ0v) is 7.83. The van der Waals surface area contributed by atoms with Gasteiger partial charge in [-0.05, 0) is 18.9 Å². The maximum atomic E-state index is 2.24. The van der Waals surface area contributed by atoms with Crippen LogP contribution in [0.4, 0.5) is 0 Å². The van der Waals surface area contributed by atoms with E-state index in [1.54, 1.807) is 0 Å². The van der Waals surface area contributed by atoms with Crippen LogP contribution < -0.4 is 0 Å². The summed E-state index contributed by atoms with van der Waals surface area (Å²) < 4.78 is 0. The summed E-state index contributed by atoms with van der Waals surface area (Å²) in [4.78, 5) is 0. The normalized spacial score (nSPS) is 16.2. The summed E-state index contributed by atoms with van der Waals surface area (Å²) in [7, 11) is 0. The molecule has 1 aliphatic carbocycles. The van der Waals surface area contributed by atoms with Crippen LogP contribution in [-0.2, 0) is 6.42 Å². The molecule has 65 valence electrons. The van der Waals surface area contributed by atoms with E-state index < -0.39 is 0 Å². The van der Waals surface area contributed by atoms with Gasteiger partial charge in [0, 0.05) is 5.92 Å². The van der Waals surface area contributed by atoms with Gasteiger partial charge in [0.1, 0.15) is 0 Å². The summed E-state index contributed by atoms with van der Waals surface area (Å²) in [6.45, 7) is 2.13. The molecule has 0 heterocycles. The van der Waals surface area contributed by atoms with Crippen LogP contribution in [0.25, 0.3) is 0 Å². The van der Waals surface area contributed by atoms with Crippen LogP contribution in [0, 0.1) is 5.92 Å². The molecule has 2 rings (SSSR count). The van der Waals surface area contributed by atoms with Crippen LogP contribution in [0.2, 0.25) is 0 Å². The fourth-order valence-corrected chi connectivity index (χ4v) is 1.57. The Bertz CT molecular complexity index is 330. The van der Waals surface area contributed by atoms with Crippen molar-refractivity contribution >= 4 is 0 Å². The van der Waals surface area contributed by atoms with E-state index in [0.29, 0.717) is 0 Å². The van der Waals surface area contributed by atoms with Gasteiger partial charge in [0.2, 0.25) is 0 Å². The first-order valence-corrected chi connectivity index (χ1v) is 4.61. The van der Waals surface area contributed by atoms with Crippen LogP contribution in [-0.4, -0.2) is 0 Å². The van der Waals surface area contributed by atoms with E-state index in [9.17, 15) is 0 Å². The van der Waals surface area contributed by atoms with Gasteiger partial charge >= 0.3 is 0 Å². The van der Waals surface area contributed by atoms with Crippen molar-refractivity contribution in [3.8, 4) is 0 Å². The third-order valence-electron chi connectivity index (χ3n) is 2.22. The minimum Gasteiger partial charge on any atom is -0.0728 e. The Labute approximate surface area is 79.6 Å². The van der Waals surface area contributed by atoms with Gasteiger partial charge < -0.3 is 0 Å². The molecule has 0 spiro atoms. The third-order valence-corrected chi connectivity index (χ3v) is 2.22. The largest absolute Gasteiger partial charge is 0.0728 e. The molecule has 0 atom stereocenters. The first-order chi connectivity index (χ1) is 6.34. The van der Waals surface area contributed by atoms with Gasteiger partial charge in [-0.15, -0.1) is 0 Å². The first kappa shape index (κ1) is 8.31. The van der Waals surface area contributed by atoms with Crippen molar-refractivity contribution in [2.75, 3.05) is 0 Å². The number of hydrogen-bond donors (Lipinski definition) is 0. The molecule has 1 radical (unpaired) electrons. The standard InChI is InChI=1S/C13H13/c1-11-7-8-13(9-11)10-12-5-3-2-4-6-12/h2-9H,10H2,1H3. The minimum absolute atomic E-state index is 1.05. The molecular weight excluding hydrogens is 156 g/mol. The van der Waals surface area contributed by atoms with Crippen LogP contribution >= 0.6 is 0 Å². The average Bonchev–Trinajstić information content (AvgIpc) is 2.53. The number of benzene rings is 1. The summed E-state index contributed by atoms with van der Waals surface area (Å²) in [5.41, 5.74) is 2.74. The van der Waals surface area contributed by atoms with E-state index in [-0.39, 0.29) is 0 Å². The predicted molar refractivity (Wildman–Crippen MR) is 56.3 cm³/mol. The molecule has 0 unspecified atom stereocenters. The second kappa shape index (κ2) is 3.61. The lowest BCUT2D eigenvalue weighted by atomic mass is 10.0. The van der Waals surface area contributed by atoms with Gasteiger partial charge in [0.15, 0.2) is 0 Å². The molecule has 0 aliphatic heterocycles. The zero-order chi connectivity index (χ0) is 9.10. The second-order valence-electron chi connectivity index (χ2n) is 3.46. The number of rotatable bonds is 2. The average molecular weight is 169 g/mol. The molecule has 0 bridgehead atoms. The molecule has 0 nitrogen and oxygen atoms in total. The van der Waals surface area contributed by atoms with E-state index in [1.807, 2.05) is 0 Å². The third kappa shape index (κ3) is 2.09. The Balaban J connectivity index is 2.04. The van der Waals surface area contributed by atoms with Crippen LogP contribution in [0.15, 0.2) is 54.1 Å². The lowest BCUT2D eigenvalue weighted by Gasteiger charge is -2.03. The van der Waals surface area contributed by atoms with E-state index in [0.717, 1.165) is 6.42 Å². The highest BCUT2D eigenvalue weighted by atomic mass is 14.1. The smallest absolute Gasteiger partial charge is 0.0240 e. The van der Waals surface area contributed by atoms with Crippen molar-refractivity contribution in [3.63, 3.8) is 0 Å². The topological polar surface area (TPSA) is 0 Å². The van der Waals surface area contributed by atoms with Crippen LogP contribution in [0.5, 0.6) is 0 Å². The van der Waals surface area contributed by atoms with Crippen molar-refractivity contribution in [2.45, 2.75) is 13.3 Å². The van der Waals surface area contributed by atoms with Gasteiger partial charge in [-0.2, -0.15) is 0 Å². The predicted octanol–water partition coefficient (Wildman–Crippen LogP) is 3.32. The molecule has 0 heteroatoms. The van der Waals surface area contributed by atoms with Gasteiger partial charge in [0.05, 0.1) is 0 Å². The second-order valence-corrected chi connectivity index (χ2v) is 3.46. The molecule has 0 saturated heterocycles. The van der Waals surface area contributed by atoms with E-state index in [2.05, 4.69) is 55.5 Å². The lowest BCUT2D eigenvalue weighted by Crippen LogP contribution is -1.92. The minimum atomic E-state index is 1.05. The summed E-state index contributed by atoms with van der Waals surface area (Å²) in [5.74, 6) is 1.41. The fraction of sp³-hybridized carbons (Fsp3) is 0.154. The van der Waals surface area contributed by atoms with Crippen molar-refractivity contribution in [2.24, 2.45) is 0 Å². The van der Waals surface area contributed by atoms with E-state index in [4.69, 9.17) is 0 Å². The molecule has 1 aliphatic rings. The molecule has 0 fully saturated rings. The van der Waals surface area contributed by atoms with Crippen molar-refractivity contribution < 1.29 is 0 Å². The molecular formula is C13H13. The van der Waals surface area contributed by atoms with E-state index in [1.165, 1.54) is 17.1 Å². The highest BCUT2D eigenvalue weighted by Gasteiger charge is 2.07. The Morgan fingerprint density at radius 2 is 1.77 bits per heavy atom.